The Balaban J connectivity index is 2.72. The Morgan fingerprint density at radius 1 is 1.50 bits per heavy atom. The number of nitrogens with zero attached hydrogens (tertiary/aromatic N) is 2. The van der Waals surface area contributed by atoms with E-state index in [9.17, 15) is 9.90 Å². The fraction of sp³-hybridized carbons (Fsp3) is 0.538. The Kier molecular flexibility index (Phi) is 4.81. The van der Waals surface area contributed by atoms with Crippen molar-refractivity contribution in [2.45, 2.75) is 25.9 Å². The van der Waals surface area contributed by atoms with E-state index < -0.39 is 5.97 Å². The minimum atomic E-state index is -0.391. The van der Waals surface area contributed by atoms with Crippen LogP contribution in [0.25, 0.3) is 0 Å². The maximum atomic E-state index is 11.2. The number of aliphatic hydroxyl groups is 1. The molecule has 1 N–H and O–H groups in total. The Labute approximate surface area is 107 Å². The minimum absolute atomic E-state index is 0.0732. The molecule has 1 rings (SSSR count). The number of pyridine rings is 1. The van der Waals surface area contributed by atoms with Crippen molar-refractivity contribution in [3.63, 3.8) is 0 Å². The second kappa shape index (κ2) is 5.93. The topological polar surface area (TPSA) is 62.7 Å². The number of hydrogen-bond donors (Lipinski definition) is 1. The molecule has 1 heterocycles. The predicted molar refractivity (Wildman–Crippen MR) is 68.2 cm³/mol. The van der Waals surface area contributed by atoms with Crippen LogP contribution in [0, 0.1) is 0 Å². The van der Waals surface area contributed by atoms with Crippen LogP contribution < -0.4 is 0 Å². The molecule has 0 aliphatic rings. The number of aliphatic hydroxyl groups excluding tert-OH is 1. The van der Waals surface area contributed by atoms with Gasteiger partial charge in [0.1, 0.15) is 0 Å². The highest BCUT2D eigenvalue weighted by Crippen LogP contribution is 2.14. The van der Waals surface area contributed by atoms with E-state index in [-0.39, 0.29) is 12.1 Å². The highest BCUT2D eigenvalue weighted by Gasteiger charge is 2.22. The molecule has 0 spiro atoms. The maximum Gasteiger partial charge on any atom is 0.339 e. The second-order valence-electron chi connectivity index (χ2n) is 4.86. The zero-order valence-corrected chi connectivity index (χ0v) is 11.3. The third-order valence-corrected chi connectivity index (χ3v) is 3.07. The Hall–Kier alpha value is -1.46. The first-order valence-corrected chi connectivity index (χ1v) is 5.76. The van der Waals surface area contributed by atoms with Crippen LogP contribution in [0.4, 0.5) is 0 Å². The van der Waals surface area contributed by atoms with Gasteiger partial charge in [0.25, 0.3) is 0 Å². The van der Waals surface area contributed by atoms with Gasteiger partial charge in [0.05, 0.1) is 25.0 Å². The van der Waals surface area contributed by atoms with Gasteiger partial charge in [0.15, 0.2) is 0 Å². The van der Waals surface area contributed by atoms with Gasteiger partial charge in [-0.1, -0.05) is 0 Å². The van der Waals surface area contributed by atoms with Crippen molar-refractivity contribution in [3.05, 3.63) is 29.6 Å². The SMILES string of the molecule is COC(=O)c1ccc(CN(C)C(C)(C)CO)nc1. The molecule has 5 heteroatoms. The van der Waals surface area contributed by atoms with Crippen molar-refractivity contribution in [2.75, 3.05) is 20.8 Å². The normalized spacial score (nSPS) is 11.7. The van der Waals surface area contributed by atoms with Crippen LogP contribution in [0.5, 0.6) is 0 Å². The molecule has 0 saturated heterocycles. The summed E-state index contributed by atoms with van der Waals surface area (Å²) in [5, 5.41) is 9.27. The van der Waals surface area contributed by atoms with Crippen molar-refractivity contribution in [1.29, 1.82) is 0 Å². The summed E-state index contributed by atoms with van der Waals surface area (Å²) in [4.78, 5) is 17.5. The van der Waals surface area contributed by atoms with Crippen LogP contribution in [-0.4, -0.2) is 47.3 Å². The number of methoxy groups -OCH3 is 1. The minimum Gasteiger partial charge on any atom is -0.465 e. The molecule has 0 atom stereocenters. The first-order chi connectivity index (χ1) is 8.40. The van der Waals surface area contributed by atoms with Gasteiger partial charge in [0.2, 0.25) is 0 Å². The summed E-state index contributed by atoms with van der Waals surface area (Å²) in [5.41, 5.74) is 0.972. The lowest BCUT2D eigenvalue weighted by molar-refractivity contribution is 0.0600. The summed E-state index contributed by atoms with van der Waals surface area (Å²) in [6.07, 6.45) is 1.50. The average molecular weight is 252 g/mol. The van der Waals surface area contributed by atoms with Crippen molar-refractivity contribution in [1.82, 2.24) is 9.88 Å². The number of rotatable bonds is 5. The summed E-state index contributed by atoms with van der Waals surface area (Å²) in [6.45, 7) is 4.59. The molecular formula is C13H20N2O3. The molecule has 0 aliphatic heterocycles. The first kappa shape index (κ1) is 14.6. The van der Waals surface area contributed by atoms with Gasteiger partial charge in [-0.2, -0.15) is 0 Å². The van der Waals surface area contributed by atoms with E-state index in [0.29, 0.717) is 12.1 Å². The van der Waals surface area contributed by atoms with E-state index in [1.807, 2.05) is 25.8 Å². The van der Waals surface area contributed by atoms with Gasteiger partial charge in [-0.3, -0.25) is 9.88 Å². The number of hydrogen-bond acceptors (Lipinski definition) is 5. The number of ether oxygens (including phenoxy) is 1. The monoisotopic (exact) mass is 252 g/mol. The van der Waals surface area contributed by atoms with Gasteiger partial charge in [-0.25, -0.2) is 4.79 Å². The van der Waals surface area contributed by atoms with Crippen LogP contribution >= 0.6 is 0 Å². The fourth-order valence-corrected chi connectivity index (χ4v) is 1.33. The number of carbonyl (C=O) groups excluding carboxylic acids is 1. The van der Waals surface area contributed by atoms with Gasteiger partial charge in [-0.15, -0.1) is 0 Å². The van der Waals surface area contributed by atoms with Crippen LogP contribution in [0.3, 0.4) is 0 Å². The summed E-state index contributed by atoms with van der Waals surface area (Å²) >= 11 is 0. The molecule has 5 nitrogen and oxygen atoms in total. The molecule has 0 saturated carbocycles. The molecule has 0 fully saturated rings. The van der Waals surface area contributed by atoms with Crippen molar-refractivity contribution in [2.24, 2.45) is 0 Å². The van der Waals surface area contributed by atoms with E-state index in [0.717, 1.165) is 5.69 Å². The lowest BCUT2D eigenvalue weighted by atomic mass is 10.1. The molecule has 0 radical (unpaired) electrons. The van der Waals surface area contributed by atoms with Crippen LogP contribution in [0.1, 0.15) is 29.9 Å². The molecule has 0 aromatic carbocycles. The van der Waals surface area contributed by atoms with Crippen LogP contribution in [0.2, 0.25) is 0 Å². The predicted octanol–water partition coefficient (Wildman–Crippen LogP) is 1.07. The molecule has 1 aromatic heterocycles. The maximum absolute atomic E-state index is 11.2. The molecule has 0 amide bonds. The average Bonchev–Trinajstić information content (AvgIpc) is 2.38. The summed E-state index contributed by atoms with van der Waals surface area (Å²) in [5.74, 6) is -0.391. The van der Waals surface area contributed by atoms with Gasteiger partial charge in [-0.05, 0) is 33.0 Å². The first-order valence-electron chi connectivity index (χ1n) is 5.76. The highest BCUT2D eigenvalue weighted by atomic mass is 16.5. The molecule has 0 aliphatic carbocycles. The van der Waals surface area contributed by atoms with E-state index in [4.69, 9.17) is 0 Å². The third kappa shape index (κ3) is 3.51. The summed E-state index contributed by atoms with van der Waals surface area (Å²) in [6, 6.07) is 3.48. The lowest BCUT2D eigenvalue weighted by Crippen LogP contribution is -2.43. The van der Waals surface area contributed by atoms with Crippen LogP contribution in [0.15, 0.2) is 18.3 Å². The third-order valence-electron chi connectivity index (χ3n) is 3.07. The molecule has 18 heavy (non-hydrogen) atoms. The number of aromatic nitrogens is 1. The Morgan fingerprint density at radius 2 is 2.17 bits per heavy atom. The largest absolute Gasteiger partial charge is 0.465 e. The second-order valence-corrected chi connectivity index (χ2v) is 4.86. The Morgan fingerprint density at radius 3 is 2.61 bits per heavy atom. The number of carbonyl (C=O) groups is 1. The molecular weight excluding hydrogens is 232 g/mol. The molecule has 1 aromatic rings. The lowest BCUT2D eigenvalue weighted by Gasteiger charge is -2.33. The van der Waals surface area contributed by atoms with E-state index in [2.05, 4.69) is 9.72 Å². The van der Waals surface area contributed by atoms with Crippen molar-refractivity contribution < 1.29 is 14.6 Å². The van der Waals surface area contributed by atoms with Crippen LogP contribution in [-0.2, 0) is 11.3 Å². The molecule has 0 bridgehead atoms. The summed E-state index contributed by atoms with van der Waals surface area (Å²) in [7, 11) is 3.26. The van der Waals surface area contributed by atoms with E-state index >= 15 is 0 Å². The zero-order chi connectivity index (χ0) is 13.8. The van der Waals surface area contributed by atoms with E-state index in [1.165, 1.54) is 13.3 Å². The van der Waals surface area contributed by atoms with E-state index in [1.54, 1.807) is 12.1 Å². The van der Waals surface area contributed by atoms with Crippen molar-refractivity contribution >= 4 is 5.97 Å². The number of likely N-dealkylation sites (N-methyl/N-ethyl adjacent to an activating group) is 1. The van der Waals surface area contributed by atoms with Gasteiger partial charge >= 0.3 is 5.97 Å². The Bertz CT molecular complexity index is 401. The fourth-order valence-electron chi connectivity index (χ4n) is 1.33. The van der Waals surface area contributed by atoms with Crippen molar-refractivity contribution in [3.8, 4) is 0 Å². The number of esters is 1. The smallest absolute Gasteiger partial charge is 0.339 e. The van der Waals surface area contributed by atoms with Gasteiger partial charge in [0, 0.05) is 18.3 Å². The standard InChI is InChI=1S/C13H20N2O3/c1-13(2,9-16)15(3)8-11-6-5-10(7-14-11)12(17)18-4/h5-7,16H,8-9H2,1-4H3. The highest BCUT2D eigenvalue weighted by molar-refractivity contribution is 5.88. The molecule has 0 unspecified atom stereocenters. The zero-order valence-electron chi connectivity index (χ0n) is 11.3. The quantitative estimate of drug-likeness (QED) is 0.794. The van der Waals surface area contributed by atoms with Gasteiger partial charge < -0.3 is 9.84 Å². The summed E-state index contributed by atoms with van der Waals surface area (Å²) < 4.78 is 4.61. The molecule has 100 valence electrons.